The van der Waals surface area contributed by atoms with Crippen LogP contribution in [-0.2, 0) is 0 Å². The van der Waals surface area contributed by atoms with Gasteiger partial charge >= 0.3 is 0 Å². The van der Waals surface area contributed by atoms with Crippen LogP contribution in [-0.4, -0.2) is 23.2 Å². The molecule has 1 amide bonds. The van der Waals surface area contributed by atoms with Gasteiger partial charge in [0.05, 0.1) is 0 Å². The fourth-order valence-electron chi connectivity index (χ4n) is 4.69. The van der Waals surface area contributed by atoms with Crippen molar-refractivity contribution in [3.05, 3.63) is 71.5 Å². The molecule has 1 aliphatic heterocycles. The van der Waals surface area contributed by atoms with E-state index in [-0.39, 0.29) is 11.7 Å². The van der Waals surface area contributed by atoms with Crippen LogP contribution in [0.15, 0.2) is 54.7 Å². The maximum Gasteiger partial charge on any atom is 0.284 e. The molecule has 1 aliphatic rings. The van der Waals surface area contributed by atoms with Crippen molar-refractivity contribution in [2.75, 3.05) is 6.54 Å². The first-order valence-corrected chi connectivity index (χ1v) is 11.6. The molecule has 0 radical (unpaired) electrons. The van der Waals surface area contributed by atoms with E-state index in [1.54, 1.807) is 0 Å². The number of aromatic nitrogens is 2. The van der Waals surface area contributed by atoms with Crippen LogP contribution >= 0.6 is 0 Å². The number of hydrogen-bond acceptors (Lipinski definition) is 2. The number of nitrogens with one attached hydrogen (secondary N) is 2. The fraction of sp³-hybridized carbons (Fsp3) is 0.296. The van der Waals surface area contributed by atoms with Crippen LogP contribution in [0, 0.1) is 0 Å². The van der Waals surface area contributed by atoms with Gasteiger partial charge in [-0.1, -0.05) is 51.2 Å². The number of fused-ring (bicyclic) bond motifs is 7. The molecule has 0 unspecified atom stereocenters. The van der Waals surface area contributed by atoms with Gasteiger partial charge in [-0.15, -0.1) is 0 Å². The highest BCUT2D eigenvalue weighted by atomic mass is 16.1. The molecule has 0 fully saturated rings. The van der Waals surface area contributed by atoms with Crippen LogP contribution in [0.3, 0.4) is 0 Å². The Morgan fingerprint density at radius 1 is 0.969 bits per heavy atom. The van der Waals surface area contributed by atoms with E-state index in [9.17, 15) is 9.59 Å². The summed E-state index contributed by atoms with van der Waals surface area (Å²) >= 11 is 0. The summed E-state index contributed by atoms with van der Waals surface area (Å²) < 4.78 is 1.95. The SMILES string of the molecule is CCCCCCCCNC(=O)c1ccc2[nH]c3c4[n+](ccc3c2c1)-c1ccccc1C4=O. The lowest BCUT2D eigenvalue weighted by Gasteiger charge is -2.05. The molecule has 3 heterocycles. The first-order valence-electron chi connectivity index (χ1n) is 11.6. The monoisotopic (exact) mass is 426 g/mol. The molecule has 5 rings (SSSR count). The number of rotatable bonds is 8. The van der Waals surface area contributed by atoms with Gasteiger partial charge in [-0.2, -0.15) is 4.57 Å². The average Bonchev–Trinajstić information content (AvgIpc) is 3.33. The highest BCUT2D eigenvalue weighted by molar-refractivity contribution is 6.20. The summed E-state index contributed by atoms with van der Waals surface area (Å²) in [5.41, 5.74) is 4.65. The van der Waals surface area contributed by atoms with E-state index < -0.39 is 0 Å². The number of carbonyl (C=O) groups is 2. The molecule has 4 aromatic rings. The Morgan fingerprint density at radius 3 is 2.66 bits per heavy atom. The van der Waals surface area contributed by atoms with Gasteiger partial charge in [-0.3, -0.25) is 9.59 Å². The molecule has 5 heteroatoms. The summed E-state index contributed by atoms with van der Waals surface area (Å²) in [6.45, 7) is 2.92. The van der Waals surface area contributed by atoms with E-state index in [4.69, 9.17) is 0 Å². The van der Waals surface area contributed by atoms with Gasteiger partial charge in [0.25, 0.3) is 17.4 Å². The zero-order valence-corrected chi connectivity index (χ0v) is 18.4. The molecule has 0 saturated carbocycles. The molecule has 0 bridgehead atoms. The number of aromatic amines is 1. The smallest absolute Gasteiger partial charge is 0.284 e. The van der Waals surface area contributed by atoms with E-state index in [1.165, 1.54) is 25.7 Å². The number of unbranched alkanes of at least 4 members (excludes halogenated alkanes) is 5. The summed E-state index contributed by atoms with van der Waals surface area (Å²) in [6, 6.07) is 15.4. The third-order valence-corrected chi connectivity index (χ3v) is 6.41. The summed E-state index contributed by atoms with van der Waals surface area (Å²) in [5, 5.41) is 4.96. The Bertz CT molecular complexity index is 1340. The van der Waals surface area contributed by atoms with Crippen molar-refractivity contribution in [2.45, 2.75) is 45.4 Å². The molecule has 0 atom stereocenters. The minimum Gasteiger partial charge on any atom is -0.352 e. The number of ketones is 1. The standard InChI is InChI=1S/C27H27N3O2/c1-2-3-4-5-6-9-15-28-27(32)18-12-13-22-21(17-18)19-14-16-30-23-11-8-7-10-20(23)26(31)25(30)24(19)29-22/h7-8,10-14,16-17H,2-6,9,15H2,1H3,(H,28,32)/p+1. The Morgan fingerprint density at radius 2 is 1.78 bits per heavy atom. The van der Waals surface area contributed by atoms with Gasteiger partial charge in [0.1, 0.15) is 11.1 Å². The zero-order chi connectivity index (χ0) is 22.1. The second kappa shape index (κ2) is 8.58. The number of amides is 1. The molecule has 2 aromatic carbocycles. The van der Waals surface area contributed by atoms with Crippen LogP contribution in [0.5, 0.6) is 0 Å². The fourth-order valence-corrected chi connectivity index (χ4v) is 4.69. The zero-order valence-electron chi connectivity index (χ0n) is 18.4. The minimum atomic E-state index is -0.0474. The van der Waals surface area contributed by atoms with Crippen LogP contribution in [0.1, 0.15) is 71.9 Å². The van der Waals surface area contributed by atoms with Gasteiger partial charge in [0.15, 0.2) is 6.20 Å². The van der Waals surface area contributed by atoms with Crippen molar-refractivity contribution in [2.24, 2.45) is 0 Å². The number of carbonyl (C=O) groups excluding carboxylic acids is 2. The maximum absolute atomic E-state index is 13.1. The van der Waals surface area contributed by atoms with Crippen molar-refractivity contribution in [3.63, 3.8) is 0 Å². The summed E-state index contributed by atoms with van der Waals surface area (Å²) in [5.74, 6) is -0.0246. The van der Waals surface area contributed by atoms with Gasteiger partial charge < -0.3 is 10.3 Å². The number of pyridine rings is 1. The normalized spacial score (nSPS) is 12.3. The average molecular weight is 427 g/mol. The van der Waals surface area contributed by atoms with E-state index in [1.807, 2.05) is 59.3 Å². The third kappa shape index (κ3) is 3.48. The lowest BCUT2D eigenvalue weighted by atomic mass is 10.1. The lowest BCUT2D eigenvalue weighted by Crippen LogP contribution is -2.31. The number of nitrogens with zero attached hydrogens (tertiary/aromatic N) is 1. The number of benzene rings is 2. The van der Waals surface area contributed by atoms with Crippen molar-refractivity contribution >= 4 is 33.5 Å². The molecule has 2 N–H and O–H groups in total. The minimum absolute atomic E-state index is 0.0228. The molecule has 5 nitrogen and oxygen atoms in total. The lowest BCUT2D eigenvalue weighted by molar-refractivity contribution is -0.592. The molecular formula is C27H28N3O2+. The molecule has 0 aliphatic carbocycles. The molecular weight excluding hydrogens is 398 g/mol. The molecule has 32 heavy (non-hydrogen) atoms. The number of hydrogen-bond donors (Lipinski definition) is 2. The van der Waals surface area contributed by atoms with Gasteiger partial charge in [0, 0.05) is 40.5 Å². The Labute approximate surface area is 187 Å². The van der Waals surface area contributed by atoms with E-state index in [0.29, 0.717) is 23.4 Å². The van der Waals surface area contributed by atoms with Crippen LogP contribution in [0.2, 0.25) is 0 Å². The van der Waals surface area contributed by atoms with Gasteiger partial charge in [0.2, 0.25) is 5.69 Å². The predicted octanol–water partition coefficient (Wildman–Crippen LogP) is 5.23. The molecule has 0 saturated heterocycles. The highest BCUT2D eigenvalue weighted by Crippen LogP contribution is 2.31. The largest absolute Gasteiger partial charge is 0.352 e. The Hall–Kier alpha value is -3.47. The summed E-state index contributed by atoms with van der Waals surface area (Å²) in [4.78, 5) is 29.2. The third-order valence-electron chi connectivity index (χ3n) is 6.41. The van der Waals surface area contributed by atoms with E-state index >= 15 is 0 Å². The van der Waals surface area contributed by atoms with Crippen molar-refractivity contribution in [3.8, 4) is 5.69 Å². The van der Waals surface area contributed by atoms with E-state index in [2.05, 4.69) is 17.2 Å². The van der Waals surface area contributed by atoms with Crippen LogP contribution in [0.25, 0.3) is 27.5 Å². The molecule has 0 spiro atoms. The Kier molecular flexibility index (Phi) is 5.48. The van der Waals surface area contributed by atoms with Crippen molar-refractivity contribution in [1.82, 2.24) is 10.3 Å². The van der Waals surface area contributed by atoms with E-state index in [0.717, 1.165) is 40.3 Å². The van der Waals surface area contributed by atoms with Crippen LogP contribution in [0.4, 0.5) is 0 Å². The quantitative estimate of drug-likeness (QED) is 0.263. The number of para-hydroxylation sites is 1. The number of H-pyrrole nitrogens is 1. The predicted molar refractivity (Wildman–Crippen MR) is 126 cm³/mol. The Balaban J connectivity index is 1.39. The molecule has 162 valence electrons. The summed E-state index contributed by atoms with van der Waals surface area (Å²) in [7, 11) is 0. The molecule has 2 aromatic heterocycles. The first-order chi connectivity index (χ1) is 15.7. The second-order valence-electron chi connectivity index (χ2n) is 8.58. The topological polar surface area (TPSA) is 65.8 Å². The second-order valence-corrected chi connectivity index (χ2v) is 8.58. The first kappa shape index (κ1) is 20.4. The van der Waals surface area contributed by atoms with Crippen molar-refractivity contribution in [1.29, 1.82) is 0 Å². The highest BCUT2D eigenvalue weighted by Gasteiger charge is 2.38. The van der Waals surface area contributed by atoms with Gasteiger partial charge in [-0.25, -0.2) is 0 Å². The van der Waals surface area contributed by atoms with Crippen molar-refractivity contribution < 1.29 is 14.2 Å². The van der Waals surface area contributed by atoms with Crippen LogP contribution < -0.4 is 9.88 Å². The maximum atomic E-state index is 13.1. The summed E-state index contributed by atoms with van der Waals surface area (Å²) in [6.07, 6.45) is 9.15. The van der Waals surface area contributed by atoms with Gasteiger partial charge in [-0.05, 0) is 30.7 Å².